The molecule has 5 heteroatoms. The van der Waals surface area contributed by atoms with Crippen molar-refractivity contribution in [2.24, 2.45) is 5.73 Å². The fourth-order valence-corrected chi connectivity index (χ4v) is 1.47. The summed E-state index contributed by atoms with van der Waals surface area (Å²) in [5, 5.41) is 3.27. The summed E-state index contributed by atoms with van der Waals surface area (Å²) in [7, 11) is 0. The van der Waals surface area contributed by atoms with E-state index < -0.39 is 11.7 Å². The largest absolute Gasteiger partial charge is 0.490 e. The molecule has 1 aromatic carbocycles. The number of hydrogen-bond donors (Lipinski definition) is 2. The van der Waals surface area contributed by atoms with Crippen molar-refractivity contribution in [3.8, 4) is 5.75 Å². The SMILES string of the molecule is CC(C)(C)NCc1cccc(F)c1OCCC(N)=O. The van der Waals surface area contributed by atoms with Gasteiger partial charge in [0.25, 0.3) is 0 Å². The maximum atomic E-state index is 13.7. The van der Waals surface area contributed by atoms with Gasteiger partial charge in [-0.2, -0.15) is 0 Å². The summed E-state index contributed by atoms with van der Waals surface area (Å²) in [6.07, 6.45) is 0.0699. The van der Waals surface area contributed by atoms with Crippen molar-refractivity contribution in [3.63, 3.8) is 0 Å². The van der Waals surface area contributed by atoms with Crippen molar-refractivity contribution in [2.45, 2.75) is 39.3 Å². The molecule has 0 fully saturated rings. The Hall–Kier alpha value is -1.62. The van der Waals surface area contributed by atoms with Gasteiger partial charge in [-0.25, -0.2) is 4.39 Å². The lowest BCUT2D eigenvalue weighted by molar-refractivity contribution is -0.118. The van der Waals surface area contributed by atoms with Gasteiger partial charge >= 0.3 is 0 Å². The van der Waals surface area contributed by atoms with Crippen LogP contribution in [0.2, 0.25) is 0 Å². The molecule has 106 valence electrons. The third-order valence-corrected chi connectivity index (χ3v) is 2.45. The summed E-state index contributed by atoms with van der Waals surface area (Å²) in [6.45, 7) is 6.66. The van der Waals surface area contributed by atoms with Crippen LogP contribution in [0.15, 0.2) is 18.2 Å². The van der Waals surface area contributed by atoms with Crippen LogP contribution in [-0.2, 0) is 11.3 Å². The van der Waals surface area contributed by atoms with Gasteiger partial charge < -0.3 is 15.8 Å². The number of amides is 1. The summed E-state index contributed by atoms with van der Waals surface area (Å²) in [5.41, 5.74) is 5.67. The Balaban J connectivity index is 2.74. The molecular formula is C14H21FN2O2. The van der Waals surface area contributed by atoms with Crippen LogP contribution in [0.4, 0.5) is 4.39 Å². The molecule has 0 aliphatic rings. The van der Waals surface area contributed by atoms with Crippen LogP contribution in [0.3, 0.4) is 0 Å². The van der Waals surface area contributed by atoms with Crippen molar-refractivity contribution in [2.75, 3.05) is 6.61 Å². The van der Waals surface area contributed by atoms with Gasteiger partial charge in [0.05, 0.1) is 13.0 Å². The lowest BCUT2D eigenvalue weighted by atomic mass is 10.1. The first-order valence-corrected chi connectivity index (χ1v) is 6.23. The fraction of sp³-hybridized carbons (Fsp3) is 0.500. The first kappa shape index (κ1) is 15.4. The first-order valence-electron chi connectivity index (χ1n) is 6.23. The summed E-state index contributed by atoms with van der Waals surface area (Å²) in [5.74, 6) is -0.719. The lowest BCUT2D eigenvalue weighted by Gasteiger charge is -2.21. The normalized spacial score (nSPS) is 11.4. The second-order valence-electron chi connectivity index (χ2n) is 5.40. The van der Waals surface area contributed by atoms with Crippen molar-refractivity contribution in [1.29, 1.82) is 0 Å². The number of hydrogen-bond acceptors (Lipinski definition) is 3. The highest BCUT2D eigenvalue weighted by molar-refractivity contribution is 5.73. The van der Waals surface area contributed by atoms with E-state index in [1.807, 2.05) is 20.8 Å². The van der Waals surface area contributed by atoms with Crippen LogP contribution < -0.4 is 15.8 Å². The van der Waals surface area contributed by atoms with Gasteiger partial charge in [-0.1, -0.05) is 12.1 Å². The molecule has 0 bridgehead atoms. The highest BCUT2D eigenvalue weighted by Crippen LogP contribution is 2.23. The molecular weight excluding hydrogens is 247 g/mol. The topological polar surface area (TPSA) is 64.3 Å². The van der Waals surface area contributed by atoms with Crippen molar-refractivity contribution in [1.82, 2.24) is 5.32 Å². The zero-order chi connectivity index (χ0) is 14.5. The van der Waals surface area contributed by atoms with Gasteiger partial charge in [-0.15, -0.1) is 0 Å². The second-order valence-corrected chi connectivity index (χ2v) is 5.40. The Bertz CT molecular complexity index is 442. The van der Waals surface area contributed by atoms with E-state index in [0.717, 1.165) is 5.56 Å². The van der Waals surface area contributed by atoms with Crippen LogP contribution in [-0.4, -0.2) is 18.1 Å². The number of carbonyl (C=O) groups excluding carboxylic acids is 1. The molecule has 3 N–H and O–H groups in total. The number of rotatable bonds is 6. The number of ether oxygens (including phenoxy) is 1. The number of para-hydroxylation sites is 1. The zero-order valence-electron chi connectivity index (χ0n) is 11.6. The molecule has 0 aliphatic heterocycles. The minimum Gasteiger partial charge on any atom is -0.490 e. The molecule has 0 unspecified atom stereocenters. The average Bonchev–Trinajstić information content (AvgIpc) is 2.27. The summed E-state index contributed by atoms with van der Waals surface area (Å²) < 4.78 is 19.1. The lowest BCUT2D eigenvalue weighted by Crippen LogP contribution is -2.35. The van der Waals surface area contributed by atoms with E-state index in [4.69, 9.17) is 10.5 Å². The quantitative estimate of drug-likeness (QED) is 0.829. The van der Waals surface area contributed by atoms with Crippen LogP contribution in [0.5, 0.6) is 5.75 Å². The third kappa shape index (κ3) is 5.70. The number of nitrogens with two attached hydrogens (primary N) is 1. The van der Waals surface area contributed by atoms with E-state index >= 15 is 0 Å². The van der Waals surface area contributed by atoms with E-state index in [2.05, 4.69) is 5.32 Å². The molecule has 0 saturated heterocycles. The molecule has 0 radical (unpaired) electrons. The van der Waals surface area contributed by atoms with E-state index in [-0.39, 0.29) is 24.3 Å². The molecule has 0 heterocycles. The summed E-state index contributed by atoms with van der Waals surface area (Å²) in [6, 6.07) is 4.76. The predicted octanol–water partition coefficient (Wildman–Crippen LogP) is 1.97. The zero-order valence-corrected chi connectivity index (χ0v) is 11.6. The number of benzene rings is 1. The Morgan fingerprint density at radius 2 is 2.11 bits per heavy atom. The van der Waals surface area contributed by atoms with Gasteiger partial charge in [0.15, 0.2) is 11.6 Å². The molecule has 4 nitrogen and oxygen atoms in total. The van der Waals surface area contributed by atoms with Crippen LogP contribution in [0.1, 0.15) is 32.8 Å². The maximum Gasteiger partial charge on any atom is 0.220 e. The third-order valence-electron chi connectivity index (χ3n) is 2.45. The summed E-state index contributed by atoms with van der Waals surface area (Å²) in [4.78, 5) is 10.7. The maximum absolute atomic E-state index is 13.7. The molecule has 1 amide bonds. The molecule has 1 aromatic rings. The monoisotopic (exact) mass is 268 g/mol. The van der Waals surface area contributed by atoms with Gasteiger partial charge in [-0.05, 0) is 26.8 Å². The molecule has 0 atom stereocenters. The van der Waals surface area contributed by atoms with Gasteiger partial charge in [-0.3, -0.25) is 4.79 Å². The minimum absolute atomic E-state index is 0.0699. The first-order chi connectivity index (χ1) is 8.79. The van der Waals surface area contributed by atoms with Gasteiger partial charge in [0.1, 0.15) is 0 Å². The number of primary amides is 1. The van der Waals surface area contributed by atoms with Crippen molar-refractivity contribution in [3.05, 3.63) is 29.6 Å². The highest BCUT2D eigenvalue weighted by atomic mass is 19.1. The Morgan fingerprint density at radius 3 is 2.68 bits per heavy atom. The van der Waals surface area contributed by atoms with E-state index in [1.165, 1.54) is 6.07 Å². The predicted molar refractivity (Wildman–Crippen MR) is 72.3 cm³/mol. The van der Waals surface area contributed by atoms with E-state index in [9.17, 15) is 9.18 Å². The fourth-order valence-electron chi connectivity index (χ4n) is 1.47. The summed E-state index contributed by atoms with van der Waals surface area (Å²) >= 11 is 0. The molecule has 1 rings (SSSR count). The van der Waals surface area contributed by atoms with E-state index in [0.29, 0.717) is 6.54 Å². The molecule has 0 aliphatic carbocycles. The number of nitrogens with one attached hydrogen (secondary N) is 1. The Labute approximate surface area is 113 Å². The van der Waals surface area contributed by atoms with Crippen molar-refractivity contribution >= 4 is 5.91 Å². The van der Waals surface area contributed by atoms with Crippen molar-refractivity contribution < 1.29 is 13.9 Å². The number of carbonyl (C=O) groups is 1. The minimum atomic E-state index is -0.467. The van der Waals surface area contributed by atoms with Gasteiger partial charge in [0, 0.05) is 17.6 Å². The second kappa shape index (κ2) is 6.52. The molecule has 0 aromatic heterocycles. The van der Waals surface area contributed by atoms with E-state index in [1.54, 1.807) is 12.1 Å². The Morgan fingerprint density at radius 1 is 1.42 bits per heavy atom. The number of halogens is 1. The standard InChI is InChI=1S/C14H21FN2O2/c1-14(2,3)17-9-10-5-4-6-11(15)13(10)19-8-7-12(16)18/h4-6,17H,7-9H2,1-3H3,(H2,16,18). The van der Waals surface area contributed by atoms with Crippen LogP contribution in [0, 0.1) is 5.82 Å². The molecule has 19 heavy (non-hydrogen) atoms. The molecule has 0 spiro atoms. The Kier molecular flexibility index (Phi) is 5.30. The van der Waals surface area contributed by atoms with Crippen LogP contribution in [0.25, 0.3) is 0 Å². The highest BCUT2D eigenvalue weighted by Gasteiger charge is 2.14. The van der Waals surface area contributed by atoms with Gasteiger partial charge in [0.2, 0.25) is 5.91 Å². The smallest absolute Gasteiger partial charge is 0.220 e. The molecule has 0 saturated carbocycles. The average molecular weight is 268 g/mol. The van der Waals surface area contributed by atoms with Crippen LogP contribution >= 0.6 is 0 Å².